The number of aliphatic hydroxyl groups is 2. The van der Waals surface area contributed by atoms with Gasteiger partial charge in [-0.25, -0.2) is 4.79 Å². The second-order valence-electron chi connectivity index (χ2n) is 4.44. The van der Waals surface area contributed by atoms with Gasteiger partial charge in [-0.3, -0.25) is 24.6 Å². The van der Waals surface area contributed by atoms with Crippen LogP contribution in [0.15, 0.2) is 0 Å². The molecule has 0 aliphatic heterocycles. The molecule has 5 N–H and O–H groups in total. The molecule has 0 amide bonds. The largest absolute Gasteiger partial charge is 0.481 e. The molecule has 0 aromatic rings. The van der Waals surface area contributed by atoms with Crippen LogP contribution in [0.3, 0.4) is 0 Å². The molecule has 0 aromatic carbocycles. The van der Waals surface area contributed by atoms with Crippen LogP contribution in [0.1, 0.15) is 32.1 Å². The molecule has 134 valence electrons. The minimum Gasteiger partial charge on any atom is -0.481 e. The number of esters is 3. The second kappa shape index (κ2) is 9.32. The molecule has 0 aliphatic rings. The third-order valence-corrected chi connectivity index (χ3v) is 2.26. The molecule has 0 spiro atoms. The SMILES string of the molecule is N=C(CC(O)(O)C(=O)OC(=O)CCC(=O)O)OC(=O)CCC(=O)O. The van der Waals surface area contributed by atoms with E-state index in [1.807, 2.05) is 0 Å². The van der Waals surface area contributed by atoms with Gasteiger partial charge in [0.2, 0.25) is 0 Å². The molecule has 0 aromatic heterocycles. The second-order valence-corrected chi connectivity index (χ2v) is 4.44. The quantitative estimate of drug-likeness (QED) is 0.105. The molecule has 0 heterocycles. The van der Waals surface area contributed by atoms with E-state index in [0.29, 0.717) is 0 Å². The Morgan fingerprint density at radius 3 is 1.62 bits per heavy atom. The van der Waals surface area contributed by atoms with E-state index in [-0.39, 0.29) is 0 Å². The summed E-state index contributed by atoms with van der Waals surface area (Å²) in [4.78, 5) is 54.0. The Morgan fingerprint density at radius 2 is 1.21 bits per heavy atom. The molecule has 0 unspecified atom stereocenters. The van der Waals surface area contributed by atoms with Crippen LogP contribution in [-0.2, 0) is 33.4 Å². The van der Waals surface area contributed by atoms with Gasteiger partial charge in [0.1, 0.15) is 0 Å². The topological polar surface area (TPSA) is 209 Å². The van der Waals surface area contributed by atoms with E-state index in [9.17, 15) is 34.2 Å². The summed E-state index contributed by atoms with van der Waals surface area (Å²) in [6.07, 6.45) is -3.75. The molecule has 0 saturated heterocycles. The Bertz CT molecular complexity index is 551. The Kier molecular flexibility index (Phi) is 8.21. The number of ether oxygens (including phenoxy) is 2. The van der Waals surface area contributed by atoms with E-state index in [2.05, 4.69) is 9.47 Å². The Morgan fingerprint density at radius 1 is 0.792 bits per heavy atom. The monoisotopic (exact) mass is 349 g/mol. The van der Waals surface area contributed by atoms with Crippen molar-refractivity contribution in [3.05, 3.63) is 0 Å². The smallest absolute Gasteiger partial charge is 0.374 e. The van der Waals surface area contributed by atoms with Crippen molar-refractivity contribution in [1.82, 2.24) is 0 Å². The zero-order valence-electron chi connectivity index (χ0n) is 12.2. The van der Waals surface area contributed by atoms with Crippen molar-refractivity contribution in [2.45, 2.75) is 37.9 Å². The minimum atomic E-state index is -3.37. The van der Waals surface area contributed by atoms with Crippen LogP contribution in [0.2, 0.25) is 0 Å². The van der Waals surface area contributed by atoms with Gasteiger partial charge in [0, 0.05) is 0 Å². The highest BCUT2D eigenvalue weighted by atomic mass is 16.6. The first-order chi connectivity index (χ1) is 10.9. The average Bonchev–Trinajstić information content (AvgIpc) is 2.42. The molecular formula is C12H15NO11. The van der Waals surface area contributed by atoms with E-state index >= 15 is 0 Å². The maximum absolute atomic E-state index is 11.4. The summed E-state index contributed by atoms with van der Waals surface area (Å²) >= 11 is 0. The molecule has 0 aliphatic carbocycles. The highest BCUT2D eigenvalue weighted by Crippen LogP contribution is 2.12. The van der Waals surface area contributed by atoms with Crippen LogP contribution >= 0.6 is 0 Å². The predicted molar refractivity (Wildman–Crippen MR) is 70.4 cm³/mol. The first-order valence-electron chi connectivity index (χ1n) is 6.35. The fourth-order valence-electron chi connectivity index (χ4n) is 1.17. The lowest BCUT2D eigenvalue weighted by atomic mass is 10.2. The van der Waals surface area contributed by atoms with Crippen LogP contribution in [0, 0.1) is 5.41 Å². The van der Waals surface area contributed by atoms with Crippen LogP contribution in [0.4, 0.5) is 0 Å². The van der Waals surface area contributed by atoms with E-state index in [4.69, 9.17) is 15.6 Å². The number of carboxylic acid groups (broad SMARTS) is 2. The summed E-state index contributed by atoms with van der Waals surface area (Å²) in [6.45, 7) is 0. The molecule has 24 heavy (non-hydrogen) atoms. The van der Waals surface area contributed by atoms with Gasteiger partial charge >= 0.3 is 29.8 Å². The summed E-state index contributed by atoms with van der Waals surface area (Å²) in [7, 11) is 0. The molecule has 0 atom stereocenters. The van der Waals surface area contributed by atoms with E-state index in [1.165, 1.54) is 0 Å². The summed E-state index contributed by atoms with van der Waals surface area (Å²) in [5, 5.41) is 42.7. The molecule has 0 radical (unpaired) electrons. The molecule has 0 bridgehead atoms. The lowest BCUT2D eigenvalue weighted by molar-refractivity contribution is -0.209. The third kappa shape index (κ3) is 9.22. The number of carbonyl (C=O) groups excluding carboxylic acids is 3. The van der Waals surface area contributed by atoms with Gasteiger partial charge in [0.05, 0.1) is 32.1 Å². The van der Waals surface area contributed by atoms with Gasteiger partial charge < -0.3 is 29.9 Å². The molecule has 12 heteroatoms. The van der Waals surface area contributed by atoms with Crippen LogP contribution in [0.5, 0.6) is 0 Å². The zero-order chi connectivity index (χ0) is 18.9. The normalized spacial score (nSPS) is 10.6. The van der Waals surface area contributed by atoms with Gasteiger partial charge in [0.15, 0.2) is 5.90 Å². The first kappa shape index (κ1) is 21.1. The van der Waals surface area contributed by atoms with Gasteiger partial charge in [-0.15, -0.1) is 0 Å². The van der Waals surface area contributed by atoms with Crippen molar-refractivity contribution >= 4 is 35.7 Å². The number of nitrogens with one attached hydrogen (secondary N) is 1. The number of carboxylic acids is 2. The lowest BCUT2D eigenvalue weighted by Gasteiger charge is -2.18. The highest BCUT2D eigenvalue weighted by Gasteiger charge is 2.39. The predicted octanol–water partition coefficient (Wildman–Crippen LogP) is -1.62. The molecule has 0 rings (SSSR count). The van der Waals surface area contributed by atoms with Gasteiger partial charge in [-0.1, -0.05) is 0 Å². The fourth-order valence-corrected chi connectivity index (χ4v) is 1.17. The maximum Gasteiger partial charge on any atom is 0.374 e. The van der Waals surface area contributed by atoms with Crippen LogP contribution in [-0.4, -0.2) is 62.0 Å². The fraction of sp³-hybridized carbons (Fsp3) is 0.500. The van der Waals surface area contributed by atoms with Crippen molar-refractivity contribution in [3.63, 3.8) is 0 Å². The van der Waals surface area contributed by atoms with Crippen molar-refractivity contribution < 1.29 is 53.9 Å². The molecule has 0 fully saturated rings. The van der Waals surface area contributed by atoms with E-state index in [1.54, 1.807) is 0 Å². The molecular weight excluding hydrogens is 334 g/mol. The van der Waals surface area contributed by atoms with Crippen molar-refractivity contribution in [1.29, 1.82) is 5.41 Å². The Labute approximate surface area is 134 Å². The van der Waals surface area contributed by atoms with E-state index < -0.39 is 73.6 Å². The Balaban J connectivity index is 4.44. The Hall–Kier alpha value is -2.86. The van der Waals surface area contributed by atoms with Crippen LogP contribution < -0.4 is 0 Å². The van der Waals surface area contributed by atoms with Gasteiger partial charge in [-0.2, -0.15) is 0 Å². The van der Waals surface area contributed by atoms with Crippen molar-refractivity contribution in [2.24, 2.45) is 0 Å². The standard InChI is InChI=1S/C12H15NO11/c13-6(23-9(18)3-1-7(14)15)5-12(21,22)11(20)24-10(19)4-2-8(16)17/h13,21-22H,1-5H2,(H,14,15)(H,16,17). The summed E-state index contributed by atoms with van der Waals surface area (Å²) in [5.74, 6) is -11.4. The number of hydrogen-bond acceptors (Lipinski definition) is 10. The summed E-state index contributed by atoms with van der Waals surface area (Å²) in [5.41, 5.74) is 0. The first-order valence-corrected chi connectivity index (χ1v) is 6.35. The van der Waals surface area contributed by atoms with Crippen LogP contribution in [0.25, 0.3) is 0 Å². The van der Waals surface area contributed by atoms with Gasteiger partial charge in [-0.05, 0) is 0 Å². The summed E-state index contributed by atoms with van der Waals surface area (Å²) in [6, 6.07) is 0. The van der Waals surface area contributed by atoms with Gasteiger partial charge in [0.25, 0.3) is 5.79 Å². The van der Waals surface area contributed by atoms with E-state index in [0.717, 1.165) is 0 Å². The number of hydrogen-bond donors (Lipinski definition) is 5. The molecule has 12 nitrogen and oxygen atoms in total. The average molecular weight is 349 g/mol. The van der Waals surface area contributed by atoms with Crippen molar-refractivity contribution in [2.75, 3.05) is 0 Å². The number of carbonyl (C=O) groups is 5. The number of rotatable bonds is 9. The zero-order valence-corrected chi connectivity index (χ0v) is 12.2. The number of aliphatic carboxylic acids is 2. The maximum atomic E-state index is 11.4. The summed E-state index contributed by atoms with van der Waals surface area (Å²) < 4.78 is 8.26. The third-order valence-electron chi connectivity index (χ3n) is 2.26. The highest BCUT2D eigenvalue weighted by molar-refractivity contribution is 5.95. The molecule has 0 saturated carbocycles. The lowest BCUT2D eigenvalue weighted by Crippen LogP contribution is -2.43. The van der Waals surface area contributed by atoms with Crippen molar-refractivity contribution in [3.8, 4) is 0 Å². The minimum absolute atomic E-state index is 0.574.